The van der Waals surface area contributed by atoms with Gasteiger partial charge in [0, 0.05) is 25.3 Å². The minimum atomic E-state index is -0.398. The van der Waals surface area contributed by atoms with Gasteiger partial charge >= 0.3 is 6.09 Å². The zero-order valence-corrected chi connectivity index (χ0v) is 16.4. The van der Waals surface area contributed by atoms with Gasteiger partial charge in [0.05, 0.1) is 5.41 Å². The smallest absolute Gasteiger partial charge is 0.410 e. The Morgan fingerprint density at radius 3 is 2.72 bits per heavy atom. The molecule has 8 heteroatoms. The number of anilines is 1. The zero-order chi connectivity index (χ0) is 20.2. The van der Waals surface area contributed by atoms with Gasteiger partial charge in [0.2, 0.25) is 5.91 Å². The first-order chi connectivity index (χ1) is 13.9. The Kier molecular flexibility index (Phi) is 4.40. The van der Waals surface area contributed by atoms with Crippen molar-refractivity contribution in [2.24, 2.45) is 28.9 Å². The lowest BCUT2D eigenvalue weighted by molar-refractivity contribution is -0.161. The van der Waals surface area contributed by atoms with E-state index in [1.807, 2.05) is 0 Å². The number of ether oxygens (including phenoxy) is 1. The minimum Gasteiger partial charge on any atom is -0.446 e. The number of hydrogen-bond donors (Lipinski definition) is 2. The fourth-order valence-electron chi connectivity index (χ4n) is 6.39. The van der Waals surface area contributed by atoms with Crippen molar-refractivity contribution in [3.8, 4) is 0 Å². The zero-order valence-electron chi connectivity index (χ0n) is 16.4. The molecule has 2 heterocycles. The number of rotatable bonds is 4. The van der Waals surface area contributed by atoms with Crippen molar-refractivity contribution in [3.05, 3.63) is 24.1 Å². The molecule has 4 aliphatic carbocycles. The number of pyridine rings is 1. The number of carbonyl (C=O) groups excluding carboxylic acids is 2. The first-order valence-corrected chi connectivity index (χ1v) is 10.6. The van der Waals surface area contributed by atoms with Crippen molar-refractivity contribution in [2.75, 3.05) is 18.4 Å². The van der Waals surface area contributed by atoms with Crippen LogP contribution in [0.3, 0.4) is 0 Å². The Hall–Kier alpha value is -2.38. The summed E-state index contributed by atoms with van der Waals surface area (Å²) in [5, 5.41) is 3.08. The van der Waals surface area contributed by atoms with Gasteiger partial charge in [0.25, 0.3) is 0 Å². The Balaban J connectivity index is 1.20. The molecule has 1 aromatic rings. The average molecular weight is 402 g/mol. The van der Waals surface area contributed by atoms with Gasteiger partial charge in [-0.05, 0) is 68.4 Å². The third kappa shape index (κ3) is 3.22. The average Bonchev–Trinajstić information content (AvgIpc) is 3.14. The molecule has 5 aliphatic rings. The van der Waals surface area contributed by atoms with Gasteiger partial charge in [-0.3, -0.25) is 4.79 Å². The van der Waals surface area contributed by atoms with E-state index in [9.17, 15) is 14.0 Å². The number of aromatic nitrogens is 1. The third-order valence-electron chi connectivity index (χ3n) is 7.49. The van der Waals surface area contributed by atoms with Crippen molar-refractivity contribution in [3.63, 3.8) is 0 Å². The molecule has 156 valence electrons. The molecule has 5 fully saturated rings. The third-order valence-corrected chi connectivity index (χ3v) is 7.49. The van der Waals surface area contributed by atoms with Crippen LogP contribution >= 0.6 is 0 Å². The van der Waals surface area contributed by atoms with Gasteiger partial charge in [0.1, 0.15) is 6.10 Å². The fraction of sp³-hybridized carbons (Fsp3) is 0.667. The molecule has 1 saturated heterocycles. The van der Waals surface area contributed by atoms with Crippen molar-refractivity contribution in [1.82, 2.24) is 9.88 Å². The van der Waals surface area contributed by atoms with E-state index in [-0.39, 0.29) is 47.2 Å². The Morgan fingerprint density at radius 2 is 2.03 bits per heavy atom. The van der Waals surface area contributed by atoms with E-state index in [2.05, 4.69) is 10.3 Å². The number of halogens is 1. The lowest BCUT2D eigenvalue weighted by Gasteiger charge is -2.58. The second-order valence-electron chi connectivity index (χ2n) is 9.37. The summed E-state index contributed by atoms with van der Waals surface area (Å²) in [7, 11) is 0. The molecule has 0 aromatic carbocycles. The van der Waals surface area contributed by atoms with Crippen LogP contribution in [0.1, 0.15) is 38.5 Å². The van der Waals surface area contributed by atoms with Crippen molar-refractivity contribution in [1.29, 1.82) is 0 Å². The van der Waals surface area contributed by atoms with Crippen LogP contribution in [0.5, 0.6) is 0 Å². The van der Waals surface area contributed by atoms with Crippen LogP contribution in [-0.2, 0) is 9.53 Å². The molecular weight excluding hydrogens is 375 g/mol. The van der Waals surface area contributed by atoms with E-state index in [4.69, 9.17) is 10.5 Å². The highest BCUT2D eigenvalue weighted by atomic mass is 19.1. The minimum absolute atomic E-state index is 0.0522. The van der Waals surface area contributed by atoms with E-state index >= 15 is 0 Å². The molecule has 6 rings (SSSR count). The number of hydrogen-bond acceptors (Lipinski definition) is 5. The summed E-state index contributed by atoms with van der Waals surface area (Å²) in [5.41, 5.74) is 5.35. The fourth-order valence-corrected chi connectivity index (χ4v) is 6.39. The highest BCUT2D eigenvalue weighted by molar-refractivity contribution is 5.81. The summed E-state index contributed by atoms with van der Waals surface area (Å²) >= 11 is 0. The molecule has 2 amide bonds. The quantitative estimate of drug-likeness (QED) is 0.807. The van der Waals surface area contributed by atoms with Crippen LogP contribution in [-0.4, -0.2) is 47.1 Å². The molecule has 1 aromatic heterocycles. The van der Waals surface area contributed by atoms with Gasteiger partial charge in [0.15, 0.2) is 11.6 Å². The maximum atomic E-state index is 13.8. The van der Waals surface area contributed by atoms with E-state index in [1.54, 1.807) is 11.0 Å². The first kappa shape index (κ1) is 18.6. The monoisotopic (exact) mass is 402 g/mol. The molecule has 29 heavy (non-hydrogen) atoms. The summed E-state index contributed by atoms with van der Waals surface area (Å²) < 4.78 is 19.8. The summed E-state index contributed by atoms with van der Waals surface area (Å²) in [6, 6.07) is 2.86. The van der Waals surface area contributed by atoms with Crippen molar-refractivity contribution in [2.45, 2.75) is 50.7 Å². The standard InChI is InChI=1S/C21H27FN4O3/c22-16-2-1-4-24-18(16)25-15-3-5-26(11-15)20(28)29-17-13-6-12-7-14(17)10-21(8-12,9-13)19(23)27/h1-2,4,12-15,17H,3,5-11H2,(H2,23,27)(H,24,25)/t12?,13-,14-,15?,17?,21?/m1/s1. The van der Waals surface area contributed by atoms with Crippen LogP contribution < -0.4 is 11.1 Å². The highest BCUT2D eigenvalue weighted by Gasteiger charge is 2.59. The number of nitrogens with two attached hydrogens (primary N) is 1. The van der Waals surface area contributed by atoms with Crippen LogP contribution in [0.4, 0.5) is 15.0 Å². The van der Waals surface area contributed by atoms with Gasteiger partial charge in [-0.1, -0.05) is 0 Å². The molecule has 1 aliphatic heterocycles. The molecule has 1 unspecified atom stereocenters. The summed E-state index contributed by atoms with van der Waals surface area (Å²) in [6.45, 7) is 1.03. The molecule has 0 radical (unpaired) electrons. The van der Waals surface area contributed by atoms with E-state index in [0.29, 0.717) is 19.0 Å². The van der Waals surface area contributed by atoms with Gasteiger partial charge in [-0.15, -0.1) is 0 Å². The molecule has 4 saturated carbocycles. The maximum Gasteiger partial charge on any atom is 0.410 e. The maximum absolute atomic E-state index is 13.8. The van der Waals surface area contributed by atoms with Crippen LogP contribution in [0.15, 0.2) is 18.3 Å². The Morgan fingerprint density at radius 1 is 1.28 bits per heavy atom. The van der Waals surface area contributed by atoms with Crippen LogP contribution in [0.2, 0.25) is 0 Å². The molecular formula is C21H27FN4O3. The number of amides is 2. The molecule has 7 nitrogen and oxygen atoms in total. The molecule has 4 bridgehead atoms. The van der Waals surface area contributed by atoms with E-state index < -0.39 is 5.82 Å². The normalized spacial score (nSPS) is 37.6. The predicted molar refractivity (Wildman–Crippen MR) is 103 cm³/mol. The number of likely N-dealkylation sites (tertiary alicyclic amines) is 1. The summed E-state index contributed by atoms with van der Waals surface area (Å²) in [4.78, 5) is 30.6. The van der Waals surface area contributed by atoms with Crippen LogP contribution in [0, 0.1) is 29.0 Å². The second kappa shape index (κ2) is 6.85. The predicted octanol–water partition coefficient (Wildman–Crippen LogP) is 2.52. The lowest BCUT2D eigenvalue weighted by Crippen LogP contribution is -2.59. The van der Waals surface area contributed by atoms with Crippen molar-refractivity contribution >= 4 is 17.8 Å². The molecule has 3 atom stereocenters. The Bertz CT molecular complexity index is 818. The summed E-state index contributed by atoms with van der Waals surface area (Å²) in [5.74, 6) is 0.630. The topological polar surface area (TPSA) is 97.6 Å². The van der Waals surface area contributed by atoms with Gasteiger partial charge in [-0.2, -0.15) is 0 Å². The largest absolute Gasteiger partial charge is 0.446 e. The van der Waals surface area contributed by atoms with Gasteiger partial charge in [-0.25, -0.2) is 14.2 Å². The SMILES string of the molecule is NC(=O)C12CC3C[C@H](C1)C(OC(=O)N1CCC(Nc4ncccc4F)C1)[C@H](C3)C2. The number of primary amides is 1. The first-order valence-electron chi connectivity index (χ1n) is 10.6. The molecule has 3 N–H and O–H groups in total. The van der Waals surface area contributed by atoms with E-state index in [1.165, 1.54) is 12.3 Å². The number of nitrogens with one attached hydrogen (secondary N) is 1. The lowest BCUT2D eigenvalue weighted by atomic mass is 9.48. The van der Waals surface area contributed by atoms with Crippen molar-refractivity contribution < 1.29 is 18.7 Å². The number of nitrogens with zero attached hydrogens (tertiary/aromatic N) is 2. The highest BCUT2D eigenvalue weighted by Crippen LogP contribution is 2.60. The van der Waals surface area contributed by atoms with Gasteiger partial charge < -0.3 is 20.7 Å². The Labute approximate surface area is 169 Å². The second-order valence-corrected chi connectivity index (χ2v) is 9.37. The van der Waals surface area contributed by atoms with Crippen LogP contribution in [0.25, 0.3) is 0 Å². The molecule has 0 spiro atoms. The van der Waals surface area contributed by atoms with E-state index in [0.717, 1.165) is 38.5 Å². The number of carbonyl (C=O) groups is 2. The summed E-state index contributed by atoms with van der Waals surface area (Å²) in [6.07, 6.45) is 6.27.